The van der Waals surface area contributed by atoms with Crippen LogP contribution in [0.5, 0.6) is 0 Å². The molecule has 2 N–H and O–H groups in total. The molecule has 1 aromatic carbocycles. The van der Waals surface area contributed by atoms with E-state index in [1.165, 1.54) is 19.2 Å². The van der Waals surface area contributed by atoms with Crippen LogP contribution < -0.4 is 5.84 Å². The highest BCUT2D eigenvalue weighted by Gasteiger charge is 2.45. The number of hydrazine groups is 1. The van der Waals surface area contributed by atoms with Crippen molar-refractivity contribution in [2.24, 2.45) is 5.84 Å². The van der Waals surface area contributed by atoms with E-state index in [1.54, 1.807) is 24.3 Å². The molecule has 0 aliphatic carbocycles. The maximum atomic E-state index is 11.7. The Kier molecular flexibility index (Phi) is 3.31. The molecule has 0 radical (unpaired) electrons. The third kappa shape index (κ3) is 1.75. The van der Waals surface area contributed by atoms with E-state index in [2.05, 4.69) is 0 Å². The molecule has 2 rings (SSSR count). The minimum absolute atomic E-state index is 0.503. The Labute approximate surface area is 104 Å². The predicted octanol–water partition coefficient (Wildman–Crippen LogP) is 0.304. The molecule has 0 unspecified atom stereocenters. The average molecular weight is 250 g/mol. The molecule has 0 fully saturated rings. The molecule has 0 saturated carbocycles. The van der Waals surface area contributed by atoms with E-state index in [1.807, 2.05) is 0 Å². The molecule has 1 aliphatic heterocycles. The van der Waals surface area contributed by atoms with Crippen LogP contribution in [-0.2, 0) is 19.1 Å². The van der Waals surface area contributed by atoms with Gasteiger partial charge < -0.3 is 9.47 Å². The van der Waals surface area contributed by atoms with E-state index in [0.29, 0.717) is 11.1 Å². The fraction of sp³-hybridized carbons (Fsp3) is 0.333. The van der Waals surface area contributed by atoms with E-state index in [0.717, 1.165) is 0 Å². The zero-order valence-electron chi connectivity index (χ0n) is 10.1. The molecule has 0 aromatic heterocycles. The number of fused-ring (bicyclic) bond motifs is 1. The van der Waals surface area contributed by atoms with Gasteiger partial charge in [-0.05, 0) is 11.1 Å². The molecule has 96 valence electrons. The van der Waals surface area contributed by atoms with Gasteiger partial charge >= 0.3 is 11.9 Å². The summed E-state index contributed by atoms with van der Waals surface area (Å²) in [4.78, 5) is 23.5. The number of rotatable bonds is 2. The van der Waals surface area contributed by atoms with E-state index in [-0.39, 0.29) is 0 Å². The van der Waals surface area contributed by atoms with Crippen LogP contribution in [0.1, 0.15) is 23.2 Å². The first-order valence-corrected chi connectivity index (χ1v) is 5.39. The van der Waals surface area contributed by atoms with Crippen LogP contribution in [0.25, 0.3) is 0 Å². The van der Waals surface area contributed by atoms with Crippen molar-refractivity contribution in [1.82, 2.24) is 5.01 Å². The summed E-state index contributed by atoms with van der Waals surface area (Å²) in [6, 6.07) is 5.50. The van der Waals surface area contributed by atoms with Crippen molar-refractivity contribution in [1.29, 1.82) is 0 Å². The van der Waals surface area contributed by atoms with Crippen molar-refractivity contribution in [2.45, 2.75) is 12.1 Å². The quantitative estimate of drug-likeness (QED) is 0.600. The Morgan fingerprint density at radius 2 is 1.44 bits per heavy atom. The second kappa shape index (κ2) is 4.75. The summed E-state index contributed by atoms with van der Waals surface area (Å²) < 4.78 is 9.42. The largest absolute Gasteiger partial charge is 0.468 e. The van der Waals surface area contributed by atoms with E-state index < -0.39 is 24.0 Å². The number of carbonyl (C=O) groups is 2. The lowest BCUT2D eigenvalue weighted by molar-refractivity contribution is -0.153. The van der Waals surface area contributed by atoms with Crippen LogP contribution in [0.15, 0.2) is 24.3 Å². The highest BCUT2D eigenvalue weighted by molar-refractivity contribution is 5.85. The number of nitrogens with two attached hydrogens (primary N) is 1. The Morgan fingerprint density at radius 1 is 1.06 bits per heavy atom. The number of ether oxygens (including phenoxy) is 2. The van der Waals surface area contributed by atoms with Crippen LogP contribution in [0.3, 0.4) is 0 Å². The minimum Gasteiger partial charge on any atom is -0.468 e. The molecule has 0 bridgehead atoms. The summed E-state index contributed by atoms with van der Waals surface area (Å²) in [5.41, 5.74) is 1.34. The lowest BCUT2D eigenvalue weighted by Gasteiger charge is -2.22. The molecule has 1 aromatic rings. The Bertz CT molecular complexity index is 446. The maximum absolute atomic E-state index is 11.7. The minimum atomic E-state index is -0.782. The fourth-order valence-electron chi connectivity index (χ4n) is 2.20. The van der Waals surface area contributed by atoms with Gasteiger partial charge in [-0.25, -0.2) is 14.6 Å². The van der Waals surface area contributed by atoms with Crippen molar-refractivity contribution >= 4 is 11.9 Å². The van der Waals surface area contributed by atoms with E-state index in [9.17, 15) is 9.59 Å². The van der Waals surface area contributed by atoms with Crippen LogP contribution in [-0.4, -0.2) is 31.2 Å². The van der Waals surface area contributed by atoms with Crippen LogP contribution in [0.4, 0.5) is 0 Å². The number of benzene rings is 1. The van der Waals surface area contributed by atoms with Crippen molar-refractivity contribution in [2.75, 3.05) is 14.2 Å². The summed E-state index contributed by atoms with van der Waals surface area (Å²) in [5, 5.41) is 1.17. The van der Waals surface area contributed by atoms with Crippen molar-refractivity contribution in [3.05, 3.63) is 35.4 Å². The summed E-state index contributed by atoms with van der Waals surface area (Å²) in [6.07, 6.45) is 0. The molecule has 6 heteroatoms. The normalized spacial score (nSPS) is 22.4. The Morgan fingerprint density at radius 3 is 1.78 bits per heavy atom. The van der Waals surface area contributed by atoms with Crippen molar-refractivity contribution in [3.63, 3.8) is 0 Å². The van der Waals surface area contributed by atoms with Gasteiger partial charge in [0, 0.05) is 0 Å². The molecule has 1 heterocycles. The number of methoxy groups -OCH3 is 2. The Hall–Kier alpha value is -1.92. The van der Waals surface area contributed by atoms with Gasteiger partial charge in [-0.3, -0.25) is 5.84 Å². The highest BCUT2D eigenvalue weighted by Crippen LogP contribution is 2.40. The first-order valence-electron chi connectivity index (χ1n) is 5.39. The molecule has 6 nitrogen and oxygen atoms in total. The third-order valence-corrected chi connectivity index (χ3v) is 3.03. The number of hydrogen-bond donors (Lipinski definition) is 1. The van der Waals surface area contributed by atoms with Gasteiger partial charge in [-0.2, -0.15) is 0 Å². The van der Waals surface area contributed by atoms with Crippen LogP contribution in [0.2, 0.25) is 0 Å². The predicted molar refractivity (Wildman–Crippen MR) is 62.0 cm³/mol. The smallest absolute Gasteiger partial charge is 0.329 e. The monoisotopic (exact) mass is 250 g/mol. The van der Waals surface area contributed by atoms with Crippen molar-refractivity contribution < 1.29 is 19.1 Å². The molecular formula is C12H14N2O4. The van der Waals surface area contributed by atoms with E-state index in [4.69, 9.17) is 15.3 Å². The Balaban J connectivity index is 2.49. The summed E-state index contributed by atoms with van der Waals surface area (Å²) in [6.45, 7) is 0. The summed E-state index contributed by atoms with van der Waals surface area (Å²) in [5.74, 6) is 4.85. The van der Waals surface area contributed by atoms with Crippen LogP contribution >= 0.6 is 0 Å². The summed E-state index contributed by atoms with van der Waals surface area (Å²) in [7, 11) is 2.56. The topological polar surface area (TPSA) is 81.9 Å². The number of nitrogens with zero attached hydrogens (tertiary/aromatic N) is 1. The second-order valence-corrected chi connectivity index (χ2v) is 3.93. The zero-order valence-corrected chi connectivity index (χ0v) is 10.1. The first kappa shape index (κ1) is 12.5. The van der Waals surface area contributed by atoms with Gasteiger partial charge in [0.1, 0.15) is 12.1 Å². The SMILES string of the molecule is COC(=O)[C@@H]1c2ccccc2[C@H](C(=O)OC)N1N. The van der Waals surface area contributed by atoms with Gasteiger partial charge in [0.25, 0.3) is 0 Å². The standard InChI is InChI=1S/C12H14N2O4/c1-17-11(15)9-7-5-3-4-6-8(7)10(14(9)13)12(16)18-2/h3-6,9-10H,13H2,1-2H3/t9-,10+. The number of esters is 2. The second-order valence-electron chi connectivity index (χ2n) is 3.93. The molecular weight excluding hydrogens is 236 g/mol. The molecule has 1 aliphatic rings. The van der Waals surface area contributed by atoms with Gasteiger partial charge in [-0.1, -0.05) is 24.3 Å². The van der Waals surface area contributed by atoms with Gasteiger partial charge in [0.05, 0.1) is 14.2 Å². The third-order valence-electron chi connectivity index (χ3n) is 3.03. The molecule has 0 saturated heterocycles. The number of carbonyl (C=O) groups excluding carboxylic acids is 2. The molecule has 18 heavy (non-hydrogen) atoms. The zero-order chi connectivity index (χ0) is 13.3. The molecule has 2 atom stereocenters. The van der Waals surface area contributed by atoms with Gasteiger partial charge in [0.2, 0.25) is 0 Å². The molecule has 0 amide bonds. The maximum Gasteiger partial charge on any atom is 0.329 e. The lowest BCUT2D eigenvalue weighted by Crippen LogP contribution is -2.40. The highest BCUT2D eigenvalue weighted by atomic mass is 16.5. The van der Waals surface area contributed by atoms with Crippen molar-refractivity contribution in [3.8, 4) is 0 Å². The average Bonchev–Trinajstić information content (AvgIpc) is 2.69. The van der Waals surface area contributed by atoms with Crippen LogP contribution in [0, 0.1) is 0 Å². The number of hydrogen-bond acceptors (Lipinski definition) is 6. The first-order chi connectivity index (χ1) is 8.61. The van der Waals surface area contributed by atoms with Gasteiger partial charge in [-0.15, -0.1) is 0 Å². The van der Waals surface area contributed by atoms with Gasteiger partial charge in [0.15, 0.2) is 0 Å². The summed E-state index contributed by atoms with van der Waals surface area (Å²) >= 11 is 0. The van der Waals surface area contributed by atoms with E-state index >= 15 is 0 Å². The fourth-order valence-corrected chi connectivity index (χ4v) is 2.20. The molecule has 0 spiro atoms. The lowest BCUT2D eigenvalue weighted by atomic mass is 10.0.